The van der Waals surface area contributed by atoms with E-state index in [4.69, 9.17) is 0 Å². The zero-order valence-electron chi connectivity index (χ0n) is 15.5. The molecule has 1 aromatic heterocycles. The third-order valence-electron chi connectivity index (χ3n) is 4.14. The van der Waals surface area contributed by atoms with Crippen LogP contribution in [0.5, 0.6) is 0 Å². The molecule has 0 spiro atoms. The first-order chi connectivity index (χ1) is 12.9. The van der Waals surface area contributed by atoms with Gasteiger partial charge in [-0.05, 0) is 62.7 Å². The quantitative estimate of drug-likeness (QED) is 0.720. The lowest BCUT2D eigenvalue weighted by Gasteiger charge is -2.11. The minimum Gasteiger partial charge on any atom is -0.322 e. The highest BCUT2D eigenvalue weighted by atomic mass is 16.2. The molecule has 0 atom stereocenters. The summed E-state index contributed by atoms with van der Waals surface area (Å²) in [5.41, 5.74) is 5.15. The molecule has 2 N–H and O–H groups in total. The van der Waals surface area contributed by atoms with Crippen molar-refractivity contribution in [3.63, 3.8) is 0 Å². The van der Waals surface area contributed by atoms with E-state index in [1.165, 1.54) is 0 Å². The smallest absolute Gasteiger partial charge is 0.256 e. The minimum absolute atomic E-state index is 0.204. The van der Waals surface area contributed by atoms with Crippen molar-refractivity contribution < 1.29 is 9.59 Å². The normalized spacial score (nSPS) is 10.3. The van der Waals surface area contributed by atoms with Gasteiger partial charge in [0.2, 0.25) is 0 Å². The van der Waals surface area contributed by atoms with Crippen LogP contribution in [0.3, 0.4) is 0 Å². The Kier molecular flexibility index (Phi) is 5.31. The van der Waals surface area contributed by atoms with E-state index in [1.54, 1.807) is 36.7 Å². The molecule has 3 rings (SSSR count). The first kappa shape index (κ1) is 18.3. The van der Waals surface area contributed by atoms with Crippen molar-refractivity contribution >= 4 is 23.2 Å². The summed E-state index contributed by atoms with van der Waals surface area (Å²) in [6.45, 7) is 5.76. The van der Waals surface area contributed by atoms with Crippen molar-refractivity contribution in [3.8, 4) is 0 Å². The van der Waals surface area contributed by atoms with Crippen LogP contribution in [0.2, 0.25) is 0 Å². The predicted molar refractivity (Wildman–Crippen MR) is 107 cm³/mol. The van der Waals surface area contributed by atoms with E-state index in [-0.39, 0.29) is 11.8 Å². The van der Waals surface area contributed by atoms with Crippen LogP contribution in [0.25, 0.3) is 0 Å². The molecule has 0 saturated heterocycles. The number of hydrogen-bond acceptors (Lipinski definition) is 3. The number of nitrogens with one attached hydrogen (secondary N) is 2. The number of benzene rings is 2. The molecule has 0 aliphatic rings. The third-order valence-corrected chi connectivity index (χ3v) is 4.14. The van der Waals surface area contributed by atoms with Crippen LogP contribution in [0.1, 0.15) is 37.4 Å². The van der Waals surface area contributed by atoms with E-state index in [9.17, 15) is 9.59 Å². The van der Waals surface area contributed by atoms with Crippen LogP contribution in [-0.2, 0) is 0 Å². The summed E-state index contributed by atoms with van der Waals surface area (Å²) in [5.74, 6) is -0.452. The first-order valence-electron chi connectivity index (χ1n) is 8.64. The summed E-state index contributed by atoms with van der Waals surface area (Å²) < 4.78 is 0. The molecule has 3 aromatic rings. The molecule has 0 bridgehead atoms. The Morgan fingerprint density at radius 1 is 0.815 bits per heavy atom. The number of aryl methyl sites for hydroxylation is 3. The second kappa shape index (κ2) is 7.83. The Hall–Kier alpha value is -3.47. The van der Waals surface area contributed by atoms with Crippen LogP contribution >= 0.6 is 0 Å². The van der Waals surface area contributed by atoms with Crippen LogP contribution in [0.15, 0.2) is 60.9 Å². The zero-order chi connectivity index (χ0) is 19.4. The maximum Gasteiger partial charge on any atom is 0.256 e. The summed E-state index contributed by atoms with van der Waals surface area (Å²) in [6.07, 6.45) is 3.23. The lowest BCUT2D eigenvalue weighted by molar-refractivity contribution is 0.101. The number of pyridine rings is 1. The second-order valence-electron chi connectivity index (χ2n) is 6.56. The van der Waals surface area contributed by atoms with Gasteiger partial charge in [0.1, 0.15) is 0 Å². The van der Waals surface area contributed by atoms with Gasteiger partial charge in [-0.2, -0.15) is 0 Å². The fraction of sp³-hybridized carbons (Fsp3) is 0.136. The maximum absolute atomic E-state index is 12.6. The molecule has 0 saturated carbocycles. The summed E-state index contributed by atoms with van der Waals surface area (Å²) in [7, 11) is 0. The van der Waals surface area contributed by atoms with Crippen molar-refractivity contribution in [1.82, 2.24) is 4.98 Å². The van der Waals surface area contributed by atoms with Crippen molar-refractivity contribution in [1.29, 1.82) is 0 Å². The van der Waals surface area contributed by atoms with Crippen LogP contribution in [-0.4, -0.2) is 16.8 Å². The Balaban J connectivity index is 1.80. The number of anilines is 2. The van der Waals surface area contributed by atoms with Gasteiger partial charge in [-0.1, -0.05) is 23.3 Å². The average molecular weight is 359 g/mol. The Morgan fingerprint density at radius 3 is 2.19 bits per heavy atom. The van der Waals surface area contributed by atoms with E-state index >= 15 is 0 Å². The number of amides is 2. The minimum atomic E-state index is -0.247. The summed E-state index contributed by atoms with van der Waals surface area (Å²) in [4.78, 5) is 29.1. The molecule has 136 valence electrons. The molecule has 1 heterocycles. The molecule has 0 aliphatic heterocycles. The number of hydrogen-bond donors (Lipinski definition) is 2. The van der Waals surface area contributed by atoms with Crippen molar-refractivity contribution in [2.45, 2.75) is 20.8 Å². The molecule has 0 radical (unpaired) electrons. The van der Waals surface area contributed by atoms with E-state index in [0.29, 0.717) is 22.5 Å². The van der Waals surface area contributed by atoms with Crippen LogP contribution in [0.4, 0.5) is 11.4 Å². The second-order valence-corrected chi connectivity index (χ2v) is 6.56. The number of carbonyl (C=O) groups is 2. The van der Waals surface area contributed by atoms with Gasteiger partial charge >= 0.3 is 0 Å². The summed E-state index contributed by atoms with van der Waals surface area (Å²) in [6, 6.07) is 14.5. The third kappa shape index (κ3) is 4.58. The molecule has 27 heavy (non-hydrogen) atoms. The van der Waals surface area contributed by atoms with Crippen LogP contribution in [0, 0.1) is 20.8 Å². The summed E-state index contributed by atoms with van der Waals surface area (Å²) in [5, 5.41) is 5.68. The molecular formula is C22H21N3O2. The highest BCUT2D eigenvalue weighted by Gasteiger charge is 2.13. The highest BCUT2D eigenvalue weighted by molar-refractivity contribution is 6.08. The molecule has 5 heteroatoms. The highest BCUT2D eigenvalue weighted by Crippen LogP contribution is 2.19. The van der Waals surface area contributed by atoms with E-state index in [1.807, 2.05) is 45.0 Å². The molecule has 0 fully saturated rings. The standard InChI is InChI=1S/C22H21N3O2/c1-14-9-15(2)11-17(10-14)21(26)24-18-7-6-16(3)20(12-18)22(27)25-19-5-4-8-23-13-19/h4-13H,1-3H3,(H,24,26)(H,25,27). The zero-order valence-corrected chi connectivity index (χ0v) is 15.5. The van der Waals surface area contributed by atoms with Gasteiger partial charge in [-0.3, -0.25) is 14.6 Å². The molecule has 5 nitrogen and oxygen atoms in total. The molecule has 0 aliphatic carbocycles. The number of aromatic nitrogens is 1. The maximum atomic E-state index is 12.6. The molecule has 0 unspecified atom stereocenters. The van der Waals surface area contributed by atoms with Crippen molar-refractivity contribution in [3.05, 3.63) is 88.7 Å². The van der Waals surface area contributed by atoms with Gasteiger partial charge < -0.3 is 10.6 Å². The van der Waals surface area contributed by atoms with Gasteiger partial charge in [-0.15, -0.1) is 0 Å². The van der Waals surface area contributed by atoms with Gasteiger partial charge in [0.05, 0.1) is 11.9 Å². The number of nitrogens with zero attached hydrogens (tertiary/aromatic N) is 1. The predicted octanol–water partition coefficient (Wildman–Crippen LogP) is 4.51. The Bertz CT molecular complexity index is 977. The Morgan fingerprint density at radius 2 is 1.52 bits per heavy atom. The fourth-order valence-corrected chi connectivity index (χ4v) is 2.89. The molecule has 2 amide bonds. The average Bonchev–Trinajstić information content (AvgIpc) is 2.63. The first-order valence-corrected chi connectivity index (χ1v) is 8.64. The van der Waals surface area contributed by atoms with Gasteiger partial charge in [0, 0.05) is 23.0 Å². The van der Waals surface area contributed by atoms with Crippen molar-refractivity contribution in [2.24, 2.45) is 0 Å². The lowest BCUT2D eigenvalue weighted by atomic mass is 10.1. The Labute approximate surface area is 158 Å². The fourth-order valence-electron chi connectivity index (χ4n) is 2.89. The van der Waals surface area contributed by atoms with Gasteiger partial charge in [-0.25, -0.2) is 0 Å². The van der Waals surface area contributed by atoms with Crippen LogP contribution < -0.4 is 10.6 Å². The van der Waals surface area contributed by atoms with E-state index in [2.05, 4.69) is 15.6 Å². The van der Waals surface area contributed by atoms with E-state index < -0.39 is 0 Å². The molecular weight excluding hydrogens is 338 g/mol. The summed E-state index contributed by atoms with van der Waals surface area (Å²) >= 11 is 0. The monoisotopic (exact) mass is 359 g/mol. The van der Waals surface area contributed by atoms with Gasteiger partial charge in [0.25, 0.3) is 11.8 Å². The van der Waals surface area contributed by atoms with Gasteiger partial charge in [0.15, 0.2) is 0 Å². The van der Waals surface area contributed by atoms with E-state index in [0.717, 1.165) is 16.7 Å². The van der Waals surface area contributed by atoms with Crippen molar-refractivity contribution in [2.75, 3.05) is 10.6 Å². The topological polar surface area (TPSA) is 71.1 Å². The largest absolute Gasteiger partial charge is 0.322 e. The SMILES string of the molecule is Cc1cc(C)cc(C(=O)Nc2ccc(C)c(C(=O)Nc3cccnc3)c2)c1. The molecule has 2 aromatic carbocycles. The number of carbonyl (C=O) groups excluding carboxylic acids is 2. The lowest BCUT2D eigenvalue weighted by Crippen LogP contribution is -2.16. The number of rotatable bonds is 4.